The summed E-state index contributed by atoms with van der Waals surface area (Å²) in [6.07, 6.45) is 0.944. The van der Waals surface area contributed by atoms with E-state index >= 15 is 0 Å². The fourth-order valence-electron chi connectivity index (χ4n) is 2.94. The van der Waals surface area contributed by atoms with Crippen LogP contribution in [0.5, 0.6) is 5.75 Å². The zero-order chi connectivity index (χ0) is 17.2. The van der Waals surface area contributed by atoms with E-state index in [9.17, 15) is 5.11 Å². The lowest BCUT2D eigenvalue weighted by atomic mass is 9.85. The summed E-state index contributed by atoms with van der Waals surface area (Å²) in [5.74, 6) is 1.15. The maximum atomic E-state index is 10.8. The van der Waals surface area contributed by atoms with Crippen LogP contribution in [0.15, 0.2) is 23.2 Å². The van der Waals surface area contributed by atoms with Crippen molar-refractivity contribution < 1.29 is 9.84 Å². The Bertz CT molecular complexity index is 712. The van der Waals surface area contributed by atoms with E-state index in [4.69, 9.17) is 15.3 Å². The van der Waals surface area contributed by atoms with Gasteiger partial charge in [0.05, 0.1) is 17.7 Å². The molecule has 0 bridgehead atoms. The van der Waals surface area contributed by atoms with Crippen molar-refractivity contribution in [3.8, 4) is 18.0 Å². The number of amidine groups is 1. The predicted molar refractivity (Wildman–Crippen MR) is 85.7 cm³/mol. The maximum absolute atomic E-state index is 10.8. The number of hydrogen-bond acceptors (Lipinski definition) is 5. The largest absolute Gasteiger partial charge is 0.485 e. The third kappa shape index (κ3) is 2.99. The second-order valence-corrected chi connectivity index (χ2v) is 6.00. The second-order valence-electron chi connectivity index (χ2n) is 6.00. The molecule has 1 aromatic rings. The minimum Gasteiger partial charge on any atom is -0.485 e. The number of nitrogens with zero attached hydrogens (tertiary/aromatic N) is 4. The summed E-state index contributed by atoms with van der Waals surface area (Å²) in [7, 11) is 0. The van der Waals surface area contributed by atoms with E-state index in [1.807, 2.05) is 25.7 Å². The van der Waals surface area contributed by atoms with Crippen molar-refractivity contribution in [3.63, 3.8) is 0 Å². The minimum absolute atomic E-state index is 0.441. The smallest absolute Gasteiger partial charge is 0.207 e. The number of likely N-dealkylation sites (N-methyl/N-ethyl adjacent to an activating group) is 1. The molecule has 2 atom stereocenters. The van der Waals surface area contributed by atoms with Crippen LogP contribution in [-0.4, -0.2) is 34.1 Å². The van der Waals surface area contributed by atoms with Gasteiger partial charge in [0.2, 0.25) is 6.19 Å². The highest BCUT2D eigenvalue weighted by molar-refractivity contribution is 5.81. The molecule has 1 aromatic carbocycles. The summed E-state index contributed by atoms with van der Waals surface area (Å²) in [4.78, 5) is 5.66. The first-order valence-electron chi connectivity index (χ1n) is 7.46. The van der Waals surface area contributed by atoms with Crippen LogP contribution in [0, 0.1) is 22.8 Å². The Hall–Kier alpha value is -2.57. The second kappa shape index (κ2) is 6.28. The van der Waals surface area contributed by atoms with E-state index in [1.54, 1.807) is 31.3 Å². The first-order valence-corrected chi connectivity index (χ1v) is 7.46. The molecule has 1 aliphatic rings. The molecule has 120 valence electrons. The standard InChI is InChI=1S/C17H20N4O2/c1-5-21(11(2)20-10-19)15-13-8-12(9-18)6-7-14(13)23-17(3,4)16(15)22/h6-8,15-16,22H,5H2,1-4H3/t15-,16+/m1/s1. The van der Waals surface area contributed by atoms with Gasteiger partial charge >= 0.3 is 0 Å². The predicted octanol–water partition coefficient (Wildman–Crippen LogP) is 2.35. The van der Waals surface area contributed by atoms with Gasteiger partial charge in [-0.3, -0.25) is 0 Å². The number of aliphatic imine (C=N–C) groups is 1. The summed E-state index contributed by atoms with van der Waals surface area (Å²) in [5, 5.41) is 28.8. The summed E-state index contributed by atoms with van der Waals surface area (Å²) >= 11 is 0. The average molecular weight is 312 g/mol. The van der Waals surface area contributed by atoms with Crippen molar-refractivity contribution in [1.29, 1.82) is 10.5 Å². The van der Waals surface area contributed by atoms with Crippen molar-refractivity contribution in [2.75, 3.05) is 6.54 Å². The van der Waals surface area contributed by atoms with Crippen LogP contribution in [0.2, 0.25) is 0 Å². The highest BCUT2D eigenvalue weighted by Crippen LogP contribution is 2.43. The van der Waals surface area contributed by atoms with Crippen molar-refractivity contribution in [1.82, 2.24) is 4.90 Å². The van der Waals surface area contributed by atoms with Gasteiger partial charge in [0.15, 0.2) is 0 Å². The van der Waals surface area contributed by atoms with Gasteiger partial charge in [0.25, 0.3) is 0 Å². The van der Waals surface area contributed by atoms with Gasteiger partial charge in [0.1, 0.15) is 23.3 Å². The van der Waals surface area contributed by atoms with Crippen molar-refractivity contribution >= 4 is 5.84 Å². The molecule has 23 heavy (non-hydrogen) atoms. The summed E-state index contributed by atoms with van der Waals surface area (Å²) in [6.45, 7) is 7.85. The summed E-state index contributed by atoms with van der Waals surface area (Å²) in [5.41, 5.74) is 0.423. The number of nitriles is 2. The molecule has 0 radical (unpaired) electrons. The van der Waals surface area contributed by atoms with E-state index < -0.39 is 17.7 Å². The fraction of sp³-hybridized carbons (Fsp3) is 0.471. The minimum atomic E-state index is -0.840. The molecular formula is C17H20N4O2. The molecule has 0 unspecified atom stereocenters. The van der Waals surface area contributed by atoms with Crippen LogP contribution in [0.3, 0.4) is 0 Å². The van der Waals surface area contributed by atoms with Crippen LogP contribution < -0.4 is 4.74 Å². The SMILES string of the molecule is CCN(C(C)=NC#N)[C@@H]1c2cc(C#N)ccc2OC(C)(C)[C@H]1O. The average Bonchev–Trinajstić information content (AvgIpc) is 2.51. The van der Waals surface area contributed by atoms with Crippen LogP contribution in [0.1, 0.15) is 44.9 Å². The number of fused-ring (bicyclic) bond motifs is 1. The Morgan fingerprint density at radius 2 is 2.13 bits per heavy atom. The van der Waals surface area contributed by atoms with Gasteiger partial charge in [-0.05, 0) is 45.9 Å². The Labute approximate surface area is 136 Å². The Kier molecular flexibility index (Phi) is 4.58. The van der Waals surface area contributed by atoms with Gasteiger partial charge < -0.3 is 14.7 Å². The molecule has 6 nitrogen and oxygen atoms in total. The Morgan fingerprint density at radius 1 is 1.43 bits per heavy atom. The monoisotopic (exact) mass is 312 g/mol. The van der Waals surface area contributed by atoms with Crippen molar-refractivity contribution in [2.24, 2.45) is 4.99 Å². The molecule has 2 rings (SSSR count). The van der Waals surface area contributed by atoms with Gasteiger partial charge in [-0.2, -0.15) is 15.5 Å². The zero-order valence-electron chi connectivity index (χ0n) is 13.7. The van der Waals surface area contributed by atoms with E-state index in [-0.39, 0.29) is 0 Å². The van der Waals surface area contributed by atoms with Crippen LogP contribution in [0.25, 0.3) is 0 Å². The molecule has 0 fully saturated rings. The number of hydrogen-bond donors (Lipinski definition) is 1. The first kappa shape index (κ1) is 16.8. The molecule has 1 aliphatic heterocycles. The van der Waals surface area contributed by atoms with Crippen LogP contribution in [-0.2, 0) is 0 Å². The third-order valence-corrected chi connectivity index (χ3v) is 4.15. The number of aliphatic hydroxyl groups excluding tert-OH is 1. The van der Waals surface area contributed by atoms with Gasteiger partial charge in [-0.1, -0.05) is 0 Å². The lowest BCUT2D eigenvalue weighted by Gasteiger charge is -2.46. The van der Waals surface area contributed by atoms with Crippen molar-refractivity contribution in [3.05, 3.63) is 29.3 Å². The summed E-state index contributed by atoms with van der Waals surface area (Å²) in [6, 6.07) is 6.83. The number of benzene rings is 1. The quantitative estimate of drug-likeness (QED) is 0.514. The molecule has 6 heteroatoms. The number of ether oxygens (including phenoxy) is 1. The molecule has 1 heterocycles. The summed E-state index contributed by atoms with van der Waals surface area (Å²) < 4.78 is 5.90. The molecule has 0 amide bonds. The van der Waals surface area contributed by atoms with Gasteiger partial charge in [-0.25, -0.2) is 0 Å². The van der Waals surface area contributed by atoms with E-state index in [1.165, 1.54) is 0 Å². The lowest BCUT2D eigenvalue weighted by molar-refractivity contribution is -0.0810. The maximum Gasteiger partial charge on any atom is 0.207 e. The molecular weight excluding hydrogens is 292 g/mol. The van der Waals surface area contributed by atoms with E-state index in [0.29, 0.717) is 23.7 Å². The highest BCUT2D eigenvalue weighted by Gasteiger charge is 2.45. The highest BCUT2D eigenvalue weighted by atomic mass is 16.5. The zero-order valence-corrected chi connectivity index (χ0v) is 13.7. The van der Waals surface area contributed by atoms with Crippen LogP contribution in [0.4, 0.5) is 0 Å². The number of rotatable bonds is 2. The molecule has 0 saturated heterocycles. The fourth-order valence-corrected chi connectivity index (χ4v) is 2.94. The van der Waals surface area contributed by atoms with Crippen LogP contribution >= 0.6 is 0 Å². The Morgan fingerprint density at radius 3 is 2.70 bits per heavy atom. The molecule has 0 spiro atoms. The molecule has 0 aliphatic carbocycles. The van der Waals surface area contributed by atoms with Gasteiger partial charge in [-0.15, -0.1) is 0 Å². The Balaban J connectivity index is 2.63. The van der Waals surface area contributed by atoms with E-state index in [2.05, 4.69) is 11.1 Å². The molecule has 0 aromatic heterocycles. The molecule has 1 N–H and O–H groups in total. The lowest BCUT2D eigenvalue weighted by Crippen LogP contribution is -2.54. The third-order valence-electron chi connectivity index (χ3n) is 4.15. The topological polar surface area (TPSA) is 92.6 Å². The normalized spacial score (nSPS) is 22.3. The first-order chi connectivity index (χ1) is 10.9. The molecule has 0 saturated carbocycles. The number of aliphatic hydroxyl groups is 1. The van der Waals surface area contributed by atoms with Gasteiger partial charge in [0, 0.05) is 12.1 Å². The van der Waals surface area contributed by atoms with Crippen molar-refractivity contribution in [2.45, 2.75) is 45.4 Å². The van der Waals surface area contributed by atoms with E-state index in [0.717, 1.165) is 5.56 Å².